The third-order valence-corrected chi connectivity index (χ3v) is 7.66. The van der Waals surface area contributed by atoms with Crippen LogP contribution in [0.2, 0.25) is 5.02 Å². The Morgan fingerprint density at radius 3 is 2.23 bits per heavy atom. The molecule has 0 unspecified atom stereocenters. The van der Waals surface area contributed by atoms with E-state index >= 15 is 0 Å². The highest BCUT2D eigenvalue weighted by Gasteiger charge is 2.67. The third kappa shape index (κ3) is 6.84. The Balaban J connectivity index is 1.53. The van der Waals surface area contributed by atoms with Gasteiger partial charge >= 0.3 is 12.6 Å². The van der Waals surface area contributed by atoms with Crippen LogP contribution in [0.5, 0.6) is 0 Å². The first-order valence-electron chi connectivity index (χ1n) is 12.0. The van der Waals surface area contributed by atoms with Crippen LogP contribution in [0.1, 0.15) is 33.0 Å². The van der Waals surface area contributed by atoms with Crippen LogP contribution < -0.4 is 16.0 Å². The number of aryl methyl sites for hydroxylation is 1. The molecule has 0 heterocycles. The fraction of sp³-hybridized carbons (Fsp3) is 0.222. The molecular formula is C27H17Cl3F7N3O3. The molecule has 2 atom stereocenters. The van der Waals surface area contributed by atoms with Crippen LogP contribution in [-0.2, 0) is 15.8 Å². The van der Waals surface area contributed by atoms with Gasteiger partial charge in [-0.05, 0) is 55.0 Å². The molecule has 1 saturated carbocycles. The Morgan fingerprint density at radius 1 is 0.930 bits per heavy atom. The molecular weight excluding hydrogens is 654 g/mol. The molecule has 0 spiro atoms. The largest absolute Gasteiger partial charge is 0.416 e. The van der Waals surface area contributed by atoms with Crippen molar-refractivity contribution in [1.29, 1.82) is 0 Å². The first-order chi connectivity index (χ1) is 19.9. The zero-order valence-corrected chi connectivity index (χ0v) is 23.6. The highest BCUT2D eigenvalue weighted by atomic mass is 35.5. The molecule has 3 aromatic rings. The number of alkyl halides is 7. The maximum atomic E-state index is 14.8. The van der Waals surface area contributed by atoms with E-state index in [9.17, 15) is 45.1 Å². The summed E-state index contributed by atoms with van der Waals surface area (Å²) in [5.41, 5.74) is -2.85. The molecule has 0 saturated heterocycles. The van der Waals surface area contributed by atoms with Crippen molar-refractivity contribution < 1.29 is 45.1 Å². The van der Waals surface area contributed by atoms with Crippen LogP contribution in [0.3, 0.4) is 0 Å². The summed E-state index contributed by atoms with van der Waals surface area (Å²) in [7, 11) is 0. The summed E-state index contributed by atoms with van der Waals surface area (Å²) in [4.78, 5) is 37.1. The Kier molecular flexibility index (Phi) is 8.92. The minimum Gasteiger partial charge on any atom is -0.326 e. The SMILES string of the molecule is Cc1cc([C@H]2[C@H](C(=O)Nc3ccc(Cl)c(C(=O)Nc4ccc(F)c(NC(=O)C(F)F)c4F)c3)C2(Cl)Cl)cc(C(F)(F)F)c1. The summed E-state index contributed by atoms with van der Waals surface area (Å²) in [5.74, 6) is -8.97. The molecule has 1 aliphatic rings. The van der Waals surface area contributed by atoms with Gasteiger partial charge in [0, 0.05) is 11.6 Å². The van der Waals surface area contributed by atoms with Crippen LogP contribution in [0.4, 0.5) is 47.8 Å². The summed E-state index contributed by atoms with van der Waals surface area (Å²) in [5, 5.41) is 5.72. The van der Waals surface area contributed by atoms with Gasteiger partial charge < -0.3 is 16.0 Å². The molecule has 3 amide bonds. The molecule has 4 rings (SSSR count). The molecule has 43 heavy (non-hydrogen) atoms. The van der Waals surface area contributed by atoms with E-state index in [0.717, 1.165) is 24.3 Å². The fourth-order valence-corrected chi connectivity index (χ4v) is 5.38. The van der Waals surface area contributed by atoms with Crippen molar-refractivity contribution in [1.82, 2.24) is 0 Å². The van der Waals surface area contributed by atoms with E-state index in [-0.39, 0.29) is 27.4 Å². The summed E-state index contributed by atoms with van der Waals surface area (Å²) in [6.45, 7) is 1.44. The van der Waals surface area contributed by atoms with E-state index in [1.54, 1.807) is 0 Å². The number of rotatable bonds is 7. The van der Waals surface area contributed by atoms with Gasteiger partial charge in [0.25, 0.3) is 11.8 Å². The quantitative estimate of drug-likeness (QED) is 0.176. The van der Waals surface area contributed by atoms with Crippen molar-refractivity contribution in [3.8, 4) is 0 Å². The smallest absolute Gasteiger partial charge is 0.326 e. The van der Waals surface area contributed by atoms with Crippen molar-refractivity contribution in [2.45, 2.75) is 29.8 Å². The number of carbonyl (C=O) groups excluding carboxylic acids is 3. The lowest BCUT2D eigenvalue weighted by molar-refractivity contribution is -0.137. The van der Waals surface area contributed by atoms with E-state index in [4.69, 9.17) is 34.8 Å². The highest BCUT2D eigenvalue weighted by Crippen LogP contribution is 2.65. The lowest BCUT2D eigenvalue weighted by Gasteiger charge is -2.13. The Labute approximate surface area is 253 Å². The van der Waals surface area contributed by atoms with E-state index < -0.39 is 75.1 Å². The predicted octanol–water partition coefficient (Wildman–Crippen LogP) is 7.93. The first-order valence-corrected chi connectivity index (χ1v) is 13.1. The molecule has 0 bridgehead atoms. The minimum absolute atomic E-state index is 0.0287. The number of hydrogen-bond donors (Lipinski definition) is 3. The van der Waals surface area contributed by atoms with Crippen LogP contribution >= 0.6 is 34.8 Å². The predicted molar refractivity (Wildman–Crippen MR) is 146 cm³/mol. The molecule has 1 fully saturated rings. The van der Waals surface area contributed by atoms with Gasteiger partial charge in [-0.3, -0.25) is 14.4 Å². The molecule has 6 nitrogen and oxygen atoms in total. The summed E-state index contributed by atoms with van der Waals surface area (Å²) < 4.78 is 92.0. The molecule has 228 valence electrons. The molecule has 3 N–H and O–H groups in total. The fourth-order valence-electron chi connectivity index (χ4n) is 4.35. The second-order valence-corrected chi connectivity index (χ2v) is 11.3. The number of anilines is 3. The Morgan fingerprint density at radius 2 is 1.60 bits per heavy atom. The maximum Gasteiger partial charge on any atom is 0.416 e. The lowest BCUT2D eigenvalue weighted by atomic mass is 10.0. The minimum atomic E-state index is -4.65. The van der Waals surface area contributed by atoms with Crippen molar-refractivity contribution in [2.24, 2.45) is 5.92 Å². The monoisotopic (exact) mass is 669 g/mol. The summed E-state index contributed by atoms with van der Waals surface area (Å²) in [6, 6.07) is 8.14. The van der Waals surface area contributed by atoms with E-state index in [1.165, 1.54) is 30.4 Å². The first kappa shape index (κ1) is 32.4. The van der Waals surface area contributed by atoms with Crippen molar-refractivity contribution in [3.63, 3.8) is 0 Å². The van der Waals surface area contributed by atoms with E-state index in [2.05, 4.69) is 10.6 Å². The zero-order valence-electron chi connectivity index (χ0n) is 21.4. The highest BCUT2D eigenvalue weighted by molar-refractivity contribution is 6.53. The lowest BCUT2D eigenvalue weighted by Crippen LogP contribution is -2.22. The number of carbonyl (C=O) groups is 3. The van der Waals surface area contributed by atoms with Crippen LogP contribution in [0, 0.1) is 24.5 Å². The molecule has 1 aliphatic carbocycles. The number of amides is 3. The summed E-state index contributed by atoms with van der Waals surface area (Å²) in [6.07, 6.45) is -8.22. The second-order valence-electron chi connectivity index (χ2n) is 9.47. The standard InChI is InChI=1S/C27H17Cl3F7N3O3/c1-10-6-11(8-12(7-10)27(35,36)37)18-19(26(18,29)30)24(42)38-13-2-3-15(28)14(9-13)23(41)39-17-5-4-16(31)21(20(17)32)40-25(43)22(33)34/h2-9,18-19,22H,1H3,(H,38,42)(H,39,41)(H,40,43)/t18-,19+/m0/s1. The third-order valence-electron chi connectivity index (χ3n) is 6.39. The van der Waals surface area contributed by atoms with Gasteiger partial charge in [0.1, 0.15) is 15.8 Å². The van der Waals surface area contributed by atoms with E-state index in [0.29, 0.717) is 6.07 Å². The molecule has 0 aromatic heterocycles. The Bertz CT molecular complexity index is 1630. The molecule has 16 heteroatoms. The van der Waals surface area contributed by atoms with Crippen LogP contribution in [-0.4, -0.2) is 28.5 Å². The van der Waals surface area contributed by atoms with Crippen molar-refractivity contribution >= 4 is 69.6 Å². The van der Waals surface area contributed by atoms with Gasteiger partial charge in [-0.25, -0.2) is 8.78 Å². The molecule has 0 radical (unpaired) electrons. The molecule has 3 aromatic carbocycles. The van der Waals surface area contributed by atoms with Gasteiger partial charge in [0.15, 0.2) is 5.82 Å². The zero-order chi connectivity index (χ0) is 32.0. The average Bonchev–Trinajstić information content (AvgIpc) is 3.50. The van der Waals surface area contributed by atoms with Gasteiger partial charge in [0.2, 0.25) is 5.91 Å². The van der Waals surface area contributed by atoms with Crippen molar-refractivity contribution in [3.05, 3.63) is 87.4 Å². The van der Waals surface area contributed by atoms with Crippen LogP contribution in [0.25, 0.3) is 0 Å². The normalized spacial score (nSPS) is 17.4. The van der Waals surface area contributed by atoms with Gasteiger partial charge in [-0.1, -0.05) is 23.2 Å². The number of benzene rings is 3. The Hall–Kier alpha value is -3.55. The van der Waals surface area contributed by atoms with E-state index in [1.807, 2.05) is 0 Å². The van der Waals surface area contributed by atoms with Gasteiger partial charge in [0.05, 0.1) is 27.8 Å². The van der Waals surface area contributed by atoms with Crippen molar-refractivity contribution in [2.75, 3.05) is 16.0 Å². The number of hydrogen-bond acceptors (Lipinski definition) is 3. The van der Waals surface area contributed by atoms with Gasteiger partial charge in [-0.15, -0.1) is 23.2 Å². The van der Waals surface area contributed by atoms with Gasteiger partial charge in [-0.2, -0.15) is 22.0 Å². The molecule has 0 aliphatic heterocycles. The van der Waals surface area contributed by atoms with Crippen LogP contribution in [0.15, 0.2) is 48.5 Å². The maximum absolute atomic E-state index is 14.8. The second kappa shape index (κ2) is 11.9. The summed E-state index contributed by atoms with van der Waals surface area (Å²) >= 11 is 18.6. The topological polar surface area (TPSA) is 87.3 Å². The number of halogens is 10. The number of nitrogens with one attached hydrogen (secondary N) is 3. The average molecular weight is 671 g/mol.